The van der Waals surface area contributed by atoms with Crippen LogP contribution in [0.2, 0.25) is 0 Å². The molecule has 4 heteroatoms. The van der Waals surface area contributed by atoms with E-state index in [-0.39, 0.29) is 11.6 Å². The van der Waals surface area contributed by atoms with Crippen LogP contribution in [0.15, 0.2) is 18.2 Å². The molecule has 118 valence electrons. The van der Waals surface area contributed by atoms with Crippen LogP contribution in [0.1, 0.15) is 43.7 Å². The van der Waals surface area contributed by atoms with Crippen LogP contribution < -0.4 is 9.47 Å². The van der Waals surface area contributed by atoms with Crippen molar-refractivity contribution in [3.05, 3.63) is 29.3 Å². The number of rotatable bonds is 4. The first kappa shape index (κ1) is 14.9. The summed E-state index contributed by atoms with van der Waals surface area (Å²) in [6.45, 7) is 2.19. The number of benzene rings is 1. The van der Waals surface area contributed by atoms with Crippen molar-refractivity contribution in [1.29, 1.82) is 0 Å². The maximum Gasteiger partial charge on any atom is 0.330 e. The fraction of sp³-hybridized carbons (Fsp3) is 0.500. The van der Waals surface area contributed by atoms with Crippen molar-refractivity contribution in [2.75, 3.05) is 13.7 Å². The monoisotopic (exact) mass is 302 g/mol. The molecule has 1 spiro atoms. The van der Waals surface area contributed by atoms with Crippen LogP contribution in [0.3, 0.4) is 0 Å². The molecule has 0 unspecified atom stereocenters. The Morgan fingerprint density at radius 3 is 2.82 bits per heavy atom. The Balaban J connectivity index is 1.91. The highest BCUT2D eigenvalue weighted by Gasteiger charge is 2.43. The van der Waals surface area contributed by atoms with E-state index in [1.807, 2.05) is 18.2 Å². The SMILES string of the molecule is CCOC(=O)/C=C/c1ccc(OC)c2c1CC1(CCCC1)O2. The molecule has 0 atom stereocenters. The molecule has 1 saturated carbocycles. The van der Waals surface area contributed by atoms with Crippen molar-refractivity contribution in [2.45, 2.75) is 44.6 Å². The van der Waals surface area contributed by atoms with Crippen LogP contribution in [0, 0.1) is 0 Å². The van der Waals surface area contributed by atoms with E-state index in [1.165, 1.54) is 18.9 Å². The van der Waals surface area contributed by atoms with Crippen LogP contribution in [-0.2, 0) is 16.0 Å². The first-order valence-corrected chi connectivity index (χ1v) is 7.91. The molecule has 1 aromatic rings. The van der Waals surface area contributed by atoms with E-state index >= 15 is 0 Å². The molecule has 1 fully saturated rings. The van der Waals surface area contributed by atoms with E-state index in [9.17, 15) is 4.79 Å². The first-order valence-electron chi connectivity index (χ1n) is 7.91. The molecule has 1 aromatic carbocycles. The highest BCUT2D eigenvalue weighted by Crippen LogP contribution is 2.49. The lowest BCUT2D eigenvalue weighted by atomic mass is 9.93. The van der Waals surface area contributed by atoms with Crippen molar-refractivity contribution in [1.82, 2.24) is 0 Å². The minimum atomic E-state index is -0.318. The molecule has 0 radical (unpaired) electrons. The summed E-state index contributed by atoms with van der Waals surface area (Å²) in [7, 11) is 1.66. The van der Waals surface area contributed by atoms with Gasteiger partial charge < -0.3 is 14.2 Å². The van der Waals surface area contributed by atoms with Crippen LogP contribution in [0.25, 0.3) is 6.08 Å². The molecular weight excluding hydrogens is 280 g/mol. The molecule has 0 N–H and O–H groups in total. The second-order valence-corrected chi connectivity index (χ2v) is 5.92. The standard InChI is InChI=1S/C18H22O4/c1-3-21-16(19)9-7-13-6-8-15(20-2)17-14(13)12-18(22-17)10-4-5-11-18/h6-9H,3-5,10-12H2,1-2H3/b9-7+. The molecule has 1 aliphatic carbocycles. The van der Waals surface area contributed by atoms with Gasteiger partial charge >= 0.3 is 5.97 Å². The van der Waals surface area contributed by atoms with Gasteiger partial charge in [-0.05, 0) is 50.3 Å². The summed E-state index contributed by atoms with van der Waals surface area (Å²) in [5.41, 5.74) is 2.08. The van der Waals surface area contributed by atoms with Gasteiger partial charge in [0.1, 0.15) is 5.60 Å². The average molecular weight is 302 g/mol. The zero-order chi connectivity index (χ0) is 15.6. The maximum atomic E-state index is 11.5. The predicted molar refractivity (Wildman–Crippen MR) is 84.2 cm³/mol. The van der Waals surface area contributed by atoms with Gasteiger partial charge in [0.15, 0.2) is 11.5 Å². The van der Waals surface area contributed by atoms with Gasteiger partial charge in [-0.15, -0.1) is 0 Å². The van der Waals surface area contributed by atoms with Crippen molar-refractivity contribution in [3.8, 4) is 11.5 Å². The van der Waals surface area contributed by atoms with Crippen molar-refractivity contribution < 1.29 is 19.0 Å². The van der Waals surface area contributed by atoms with Crippen LogP contribution in [0.5, 0.6) is 11.5 Å². The summed E-state index contributed by atoms with van der Waals surface area (Å²) in [4.78, 5) is 11.5. The molecule has 1 heterocycles. The average Bonchev–Trinajstić information content (AvgIpc) is 3.12. The van der Waals surface area contributed by atoms with Crippen molar-refractivity contribution >= 4 is 12.0 Å². The van der Waals surface area contributed by atoms with Gasteiger partial charge in [-0.25, -0.2) is 4.79 Å². The van der Waals surface area contributed by atoms with Crippen LogP contribution in [0.4, 0.5) is 0 Å². The van der Waals surface area contributed by atoms with Crippen LogP contribution >= 0.6 is 0 Å². The summed E-state index contributed by atoms with van der Waals surface area (Å²) in [6, 6.07) is 3.88. The summed E-state index contributed by atoms with van der Waals surface area (Å²) in [6.07, 6.45) is 8.78. The molecule has 3 rings (SSSR count). The van der Waals surface area contributed by atoms with Gasteiger partial charge in [0.25, 0.3) is 0 Å². The number of carbonyl (C=O) groups is 1. The Hall–Kier alpha value is -1.97. The number of fused-ring (bicyclic) bond motifs is 1. The number of carbonyl (C=O) groups excluding carboxylic acids is 1. The van der Waals surface area contributed by atoms with E-state index in [4.69, 9.17) is 14.2 Å². The third-order valence-corrected chi connectivity index (χ3v) is 4.50. The Labute approximate surface area is 131 Å². The number of hydrogen-bond acceptors (Lipinski definition) is 4. The number of methoxy groups -OCH3 is 1. The fourth-order valence-electron chi connectivity index (χ4n) is 3.45. The number of esters is 1. The summed E-state index contributed by atoms with van der Waals surface area (Å²) < 4.78 is 16.7. The Bertz CT molecular complexity index is 597. The van der Waals surface area contributed by atoms with E-state index in [0.29, 0.717) is 6.61 Å². The molecule has 0 aromatic heterocycles. The third-order valence-electron chi connectivity index (χ3n) is 4.50. The Morgan fingerprint density at radius 1 is 1.36 bits per heavy atom. The molecular formula is C18H22O4. The smallest absolute Gasteiger partial charge is 0.330 e. The number of ether oxygens (including phenoxy) is 3. The lowest BCUT2D eigenvalue weighted by molar-refractivity contribution is -0.137. The van der Waals surface area contributed by atoms with Gasteiger partial charge in [0.2, 0.25) is 0 Å². The first-order chi connectivity index (χ1) is 10.7. The number of hydrogen-bond donors (Lipinski definition) is 0. The minimum Gasteiger partial charge on any atom is -0.493 e. The predicted octanol–water partition coefficient (Wildman–Crippen LogP) is 3.52. The van der Waals surface area contributed by atoms with E-state index in [1.54, 1.807) is 14.0 Å². The molecule has 4 nitrogen and oxygen atoms in total. The normalized spacial score (nSPS) is 18.5. The second-order valence-electron chi connectivity index (χ2n) is 5.92. The zero-order valence-electron chi connectivity index (χ0n) is 13.2. The lowest BCUT2D eigenvalue weighted by Crippen LogP contribution is -2.30. The fourth-order valence-corrected chi connectivity index (χ4v) is 3.45. The molecule has 0 bridgehead atoms. The molecule has 2 aliphatic rings. The van der Waals surface area contributed by atoms with Gasteiger partial charge in [-0.3, -0.25) is 0 Å². The van der Waals surface area contributed by atoms with Crippen LogP contribution in [-0.4, -0.2) is 25.3 Å². The quantitative estimate of drug-likeness (QED) is 0.630. The Kier molecular flexibility index (Phi) is 4.10. The highest BCUT2D eigenvalue weighted by atomic mass is 16.5. The van der Waals surface area contributed by atoms with Gasteiger partial charge in [-0.1, -0.05) is 6.07 Å². The largest absolute Gasteiger partial charge is 0.493 e. The Morgan fingerprint density at radius 2 is 2.14 bits per heavy atom. The van der Waals surface area contributed by atoms with Crippen molar-refractivity contribution in [2.24, 2.45) is 0 Å². The minimum absolute atomic E-state index is 0.0660. The van der Waals surface area contributed by atoms with Gasteiger partial charge in [0.05, 0.1) is 13.7 Å². The molecule has 1 aliphatic heterocycles. The van der Waals surface area contributed by atoms with E-state index in [0.717, 1.165) is 41.9 Å². The second kappa shape index (κ2) is 6.03. The summed E-state index contributed by atoms with van der Waals surface area (Å²) >= 11 is 0. The van der Waals surface area contributed by atoms with Crippen molar-refractivity contribution in [3.63, 3.8) is 0 Å². The van der Waals surface area contributed by atoms with E-state index < -0.39 is 0 Å². The lowest BCUT2D eigenvalue weighted by Gasteiger charge is -2.22. The topological polar surface area (TPSA) is 44.8 Å². The summed E-state index contributed by atoms with van der Waals surface area (Å²) in [5.74, 6) is 1.30. The summed E-state index contributed by atoms with van der Waals surface area (Å²) in [5, 5.41) is 0. The van der Waals surface area contributed by atoms with Gasteiger partial charge in [0, 0.05) is 18.1 Å². The highest BCUT2D eigenvalue weighted by molar-refractivity contribution is 5.87. The third kappa shape index (κ3) is 2.70. The zero-order valence-corrected chi connectivity index (χ0v) is 13.2. The van der Waals surface area contributed by atoms with Gasteiger partial charge in [-0.2, -0.15) is 0 Å². The molecule has 0 saturated heterocycles. The van der Waals surface area contributed by atoms with E-state index in [2.05, 4.69) is 0 Å². The molecule has 22 heavy (non-hydrogen) atoms. The molecule has 0 amide bonds. The maximum absolute atomic E-state index is 11.5.